The van der Waals surface area contributed by atoms with E-state index in [1.165, 1.54) is 13.1 Å². The molecule has 0 saturated carbocycles. The molecule has 2 amide bonds. The summed E-state index contributed by atoms with van der Waals surface area (Å²) in [5.74, 6) is 1.60. The molecule has 11 heteroatoms. The van der Waals surface area contributed by atoms with E-state index in [4.69, 9.17) is 17.0 Å². The fraction of sp³-hybridized carbons (Fsp3) is 0.386. The van der Waals surface area contributed by atoms with Crippen LogP contribution in [0.1, 0.15) is 85.2 Å². The number of nitrogens with zero attached hydrogens (tertiary/aromatic N) is 3. The Morgan fingerprint density at radius 1 is 0.982 bits per heavy atom. The number of carbonyl (C=O) groups excluding carboxylic acids is 3. The van der Waals surface area contributed by atoms with E-state index in [1.54, 1.807) is 42.1 Å². The summed E-state index contributed by atoms with van der Waals surface area (Å²) in [6, 6.07) is 16.3. The number of hydrogen-bond donors (Lipinski definition) is 0. The Hall–Kier alpha value is -3.86. The predicted octanol–water partition coefficient (Wildman–Crippen LogP) is 8.08. The van der Waals surface area contributed by atoms with Crippen LogP contribution in [-0.4, -0.2) is 76.9 Å². The Bertz CT molecular complexity index is 2100. The van der Waals surface area contributed by atoms with Crippen LogP contribution in [0.5, 0.6) is 17.2 Å². The van der Waals surface area contributed by atoms with Crippen molar-refractivity contribution in [1.29, 1.82) is 0 Å². The zero-order valence-electron chi connectivity index (χ0n) is 34.3. The van der Waals surface area contributed by atoms with Crippen LogP contribution in [0.3, 0.4) is 0 Å². The number of aliphatic imine (C=N–C) groups is 1. The minimum atomic E-state index is -0.169. The van der Waals surface area contributed by atoms with Gasteiger partial charge in [-0.2, -0.15) is 36.0 Å². The Kier molecular flexibility index (Phi) is 12.9. The average molecular weight is 841 g/mol. The molecule has 0 N–H and O–H groups in total. The maximum absolute atomic E-state index is 13.4. The van der Waals surface area contributed by atoms with Crippen molar-refractivity contribution in [2.24, 2.45) is 4.99 Å². The first-order valence-electron chi connectivity index (χ1n) is 19.3. The van der Waals surface area contributed by atoms with Crippen LogP contribution in [0.25, 0.3) is 0 Å². The number of ether oxygens (including phenoxy) is 3. The molecule has 4 aliphatic heterocycles. The Morgan fingerprint density at radius 3 is 2.31 bits per heavy atom. The van der Waals surface area contributed by atoms with Gasteiger partial charge in [-0.3, -0.25) is 14.6 Å². The van der Waals surface area contributed by atoms with Crippen molar-refractivity contribution in [3.63, 3.8) is 0 Å². The minimum Gasteiger partial charge on any atom is -0.501 e. The molecule has 0 spiro atoms. The van der Waals surface area contributed by atoms with Gasteiger partial charge >= 0.3 is 0 Å². The molecule has 7 rings (SSSR count). The zero-order valence-corrected chi connectivity index (χ0v) is 35.9. The van der Waals surface area contributed by atoms with Gasteiger partial charge in [-0.15, -0.1) is 11.1 Å². The van der Waals surface area contributed by atoms with Crippen LogP contribution >= 0.6 is 11.8 Å². The molecule has 0 aliphatic carbocycles. The monoisotopic (exact) mass is 840 g/mol. The molecule has 9 nitrogen and oxygen atoms in total. The molecular formula is C44H49N3O6SY-2. The number of Topliss-reactive ketones (excluding diaryl/α,β-unsaturated/α-hetero) is 1. The number of thioether (sulfide) groups is 1. The molecule has 3 aromatic rings. The summed E-state index contributed by atoms with van der Waals surface area (Å²) in [7, 11) is 1.54. The van der Waals surface area contributed by atoms with E-state index in [9.17, 15) is 14.4 Å². The topological polar surface area (TPSA) is 97.7 Å². The van der Waals surface area contributed by atoms with Crippen molar-refractivity contribution >= 4 is 41.3 Å². The van der Waals surface area contributed by atoms with Crippen LogP contribution in [0.15, 0.2) is 71.7 Å². The third-order valence-electron chi connectivity index (χ3n) is 10.2. The number of rotatable bonds is 10. The van der Waals surface area contributed by atoms with Crippen LogP contribution in [-0.2, 0) is 57.1 Å². The van der Waals surface area contributed by atoms with Gasteiger partial charge in [0.2, 0.25) is 0 Å². The minimum absolute atomic E-state index is 0. The third-order valence-corrected chi connectivity index (χ3v) is 11.5. The molecule has 2 atom stereocenters. The summed E-state index contributed by atoms with van der Waals surface area (Å²) in [5, 5.41) is 0. The smallest absolute Gasteiger partial charge is 0.257 e. The summed E-state index contributed by atoms with van der Waals surface area (Å²) < 4.78 is 33.3. The van der Waals surface area contributed by atoms with Crippen molar-refractivity contribution < 1.29 is 64.0 Å². The quantitative estimate of drug-likeness (QED) is 0.151. The second-order valence-electron chi connectivity index (χ2n) is 14.9. The van der Waals surface area contributed by atoms with E-state index >= 15 is 0 Å². The molecule has 0 aromatic heterocycles. The predicted molar refractivity (Wildman–Crippen MR) is 214 cm³/mol. The summed E-state index contributed by atoms with van der Waals surface area (Å²) in [5.41, 5.74) is 7.34. The summed E-state index contributed by atoms with van der Waals surface area (Å²) in [6.07, 6.45) is 7.39. The molecule has 1 radical (unpaired) electrons. The van der Waals surface area contributed by atoms with E-state index in [0.717, 1.165) is 64.0 Å². The number of methoxy groups -OCH3 is 1. The molecular weight excluding hydrogens is 787 g/mol. The van der Waals surface area contributed by atoms with Gasteiger partial charge in [-0.1, -0.05) is 38.1 Å². The average Bonchev–Trinajstić information content (AvgIpc) is 3.75. The number of benzene rings is 3. The summed E-state index contributed by atoms with van der Waals surface area (Å²) in [4.78, 5) is 45.5. The first-order valence-corrected chi connectivity index (χ1v) is 19.3. The number of fused-ring (bicyclic) bond motifs is 4. The Morgan fingerprint density at radius 2 is 1.65 bits per heavy atom. The molecule has 3 aromatic carbocycles. The normalized spacial score (nSPS) is 20.5. The van der Waals surface area contributed by atoms with Crippen molar-refractivity contribution in [3.8, 4) is 17.2 Å². The first-order chi connectivity index (χ1) is 26.8. The van der Waals surface area contributed by atoms with E-state index in [1.807, 2.05) is 62.3 Å². The van der Waals surface area contributed by atoms with Gasteiger partial charge in [0.15, 0.2) is 11.5 Å². The van der Waals surface area contributed by atoms with Gasteiger partial charge in [0.1, 0.15) is 5.75 Å². The largest absolute Gasteiger partial charge is 0.501 e. The van der Waals surface area contributed by atoms with Crippen molar-refractivity contribution in [2.45, 2.75) is 82.9 Å². The number of aryl methyl sites for hydroxylation is 2. The van der Waals surface area contributed by atoms with Crippen molar-refractivity contribution in [2.75, 3.05) is 26.5 Å². The van der Waals surface area contributed by atoms with Crippen LogP contribution in [0, 0.1) is 19.9 Å². The molecule has 0 bridgehead atoms. The van der Waals surface area contributed by atoms with Gasteiger partial charge in [-0.05, 0) is 80.4 Å². The summed E-state index contributed by atoms with van der Waals surface area (Å²) >= 11 is 1.69. The SMILES string of the molecule is [3H]C=C1C[C@H]2CCc3cc(OCc4c[c-]cc(COc5cc6c(cc5OC)C(=O)N5CC(=C[3H])C[C@H]5C=N6)c4)c(C)cc3C(=O)N2C1.[CH2-]C(=O)CC(C)(C)SC.[Y]. The van der Waals surface area contributed by atoms with Crippen molar-refractivity contribution in [1.82, 2.24) is 9.80 Å². The molecule has 287 valence electrons. The van der Waals surface area contributed by atoms with Gasteiger partial charge in [-0.25, -0.2) is 0 Å². The fourth-order valence-corrected chi connectivity index (χ4v) is 7.56. The first kappa shape index (κ1) is 39.4. The third kappa shape index (κ3) is 9.94. The van der Waals surface area contributed by atoms with E-state index in [-0.39, 0.29) is 73.7 Å². The van der Waals surface area contributed by atoms with Crippen molar-refractivity contribution in [3.05, 3.63) is 113 Å². The van der Waals surface area contributed by atoms with Crippen LogP contribution in [0.2, 0.25) is 0 Å². The zero-order chi connectivity index (χ0) is 40.1. The van der Waals surface area contributed by atoms with Crippen LogP contribution in [0.4, 0.5) is 5.69 Å². The Balaban J connectivity index is 0.000000556. The molecule has 55 heavy (non-hydrogen) atoms. The second kappa shape index (κ2) is 17.9. The number of amides is 2. The maximum Gasteiger partial charge on any atom is 0.257 e. The van der Waals surface area contributed by atoms with Gasteiger partial charge in [0.05, 0.1) is 40.4 Å². The number of carbonyl (C=O) groups is 3. The van der Waals surface area contributed by atoms with Gasteiger partial charge in [0, 0.05) is 74.4 Å². The summed E-state index contributed by atoms with van der Waals surface area (Å²) in [6.45, 7) is 13.6. The molecule has 2 saturated heterocycles. The molecule has 0 unspecified atom stereocenters. The number of hydrogen-bond acceptors (Lipinski definition) is 8. The van der Waals surface area contributed by atoms with E-state index < -0.39 is 0 Å². The molecule has 2 fully saturated rings. The standard InChI is InChI=1S/C37H36N3O5.C7H13OS.Y/c1-22-10-28-9-8-27-14-33(24(3)12-30(27)36(41)39(28)18-22)44-20-25-6-5-7-26(13-25)21-45-35-16-32-31(15-34(35)43-4)37(42)40-19-23(2)11-29(40)17-38-32;1-6(8)5-7(2,3)9-4;/h6-7,12-17,28-29H,1-2,8-11,18-21H2,3-4H3;1,5H2,2-4H3;/q2*-1;/t28-,29+;;/m1../s1/i1T,2T;;. The Labute approximate surface area is 357 Å². The van der Waals surface area contributed by atoms with Gasteiger partial charge in [0.25, 0.3) is 11.8 Å². The van der Waals surface area contributed by atoms with E-state index in [2.05, 4.69) is 18.0 Å². The number of ketones is 1. The van der Waals surface area contributed by atoms with Gasteiger partial charge < -0.3 is 35.7 Å². The molecule has 4 aliphatic rings. The second-order valence-corrected chi connectivity index (χ2v) is 16.4. The van der Waals surface area contributed by atoms with Crippen LogP contribution < -0.4 is 14.2 Å². The fourth-order valence-electron chi connectivity index (χ4n) is 7.26. The maximum atomic E-state index is 13.4. The van der Waals surface area contributed by atoms with E-state index in [0.29, 0.717) is 55.3 Å². The molecule has 4 heterocycles.